The average Bonchev–Trinajstić information content (AvgIpc) is 2.77. The molecule has 0 aliphatic carbocycles. The van der Waals surface area contributed by atoms with Crippen molar-refractivity contribution in [2.75, 3.05) is 5.84 Å². The van der Waals surface area contributed by atoms with Crippen LogP contribution in [-0.4, -0.2) is 20.8 Å². The second-order valence-electron chi connectivity index (χ2n) is 5.74. The van der Waals surface area contributed by atoms with Crippen molar-refractivity contribution >= 4 is 17.7 Å². The number of amides is 1. The van der Waals surface area contributed by atoms with E-state index in [0.717, 1.165) is 5.56 Å². The van der Waals surface area contributed by atoms with Crippen LogP contribution in [0.3, 0.4) is 0 Å². The third kappa shape index (κ3) is 3.36. The summed E-state index contributed by atoms with van der Waals surface area (Å²) in [5.41, 5.74) is 6.09. The maximum atomic E-state index is 11.7. The molecule has 0 saturated carbocycles. The topological polar surface area (TPSA) is 99.8 Å². The fourth-order valence-corrected chi connectivity index (χ4v) is 2.80. The van der Waals surface area contributed by atoms with Crippen molar-refractivity contribution < 1.29 is 4.79 Å². The third-order valence-electron chi connectivity index (χ3n) is 2.92. The lowest BCUT2D eigenvalue weighted by Crippen LogP contribution is -2.25. The maximum absolute atomic E-state index is 11.7. The fourth-order valence-electron chi connectivity index (χ4n) is 1.89. The molecule has 1 heterocycles. The minimum absolute atomic E-state index is 0.227. The molecule has 0 bridgehead atoms. The van der Waals surface area contributed by atoms with Crippen molar-refractivity contribution in [2.24, 2.45) is 5.73 Å². The Morgan fingerprint density at radius 2 is 1.86 bits per heavy atom. The highest BCUT2D eigenvalue weighted by Gasteiger charge is 2.26. The second-order valence-corrected chi connectivity index (χ2v) is 6.81. The van der Waals surface area contributed by atoms with Gasteiger partial charge in [-0.1, -0.05) is 62.9 Å². The van der Waals surface area contributed by atoms with Gasteiger partial charge in [0.25, 0.3) is 0 Å². The van der Waals surface area contributed by atoms with E-state index in [0.29, 0.717) is 11.0 Å². The van der Waals surface area contributed by atoms with Gasteiger partial charge in [0.15, 0.2) is 5.82 Å². The van der Waals surface area contributed by atoms with E-state index in [4.69, 9.17) is 11.6 Å². The number of benzene rings is 1. The lowest BCUT2D eigenvalue weighted by Gasteiger charge is -2.17. The number of thioether (sulfide) groups is 1. The Morgan fingerprint density at radius 1 is 1.24 bits per heavy atom. The molecule has 1 aromatic carbocycles. The zero-order chi connectivity index (χ0) is 15.6. The molecule has 0 fully saturated rings. The molecule has 0 spiro atoms. The molecule has 0 aliphatic rings. The van der Waals surface area contributed by atoms with Crippen molar-refractivity contribution in [1.29, 1.82) is 0 Å². The Hall–Kier alpha value is -2.02. The van der Waals surface area contributed by atoms with Gasteiger partial charge >= 0.3 is 0 Å². The van der Waals surface area contributed by atoms with Crippen molar-refractivity contribution in [3.63, 3.8) is 0 Å². The first-order valence-electron chi connectivity index (χ1n) is 6.52. The minimum atomic E-state index is -0.550. The number of nitrogen functional groups attached to an aromatic ring is 1. The first-order chi connectivity index (χ1) is 9.80. The van der Waals surface area contributed by atoms with Crippen LogP contribution in [0.2, 0.25) is 0 Å². The Balaban J connectivity index is 2.31. The van der Waals surface area contributed by atoms with Gasteiger partial charge in [-0.2, -0.15) is 0 Å². The Morgan fingerprint density at radius 3 is 2.33 bits per heavy atom. The number of carbonyl (C=O) groups is 1. The summed E-state index contributed by atoms with van der Waals surface area (Å²) in [6, 6.07) is 9.31. The molecule has 6 nitrogen and oxygen atoms in total. The van der Waals surface area contributed by atoms with E-state index >= 15 is 0 Å². The molecular formula is C14H19N5OS. The SMILES string of the molecule is CC(C)(C)c1nnc(SC(C(N)=O)c2ccccc2)n1N. The van der Waals surface area contributed by atoms with Crippen LogP contribution in [-0.2, 0) is 10.2 Å². The number of carbonyl (C=O) groups excluding carboxylic acids is 1. The number of nitrogens with zero attached hydrogens (tertiary/aromatic N) is 3. The standard InChI is InChI=1S/C14H19N5OS/c1-14(2,3)12-17-18-13(19(12)16)21-10(11(15)20)9-7-5-4-6-8-9/h4-8,10H,16H2,1-3H3,(H2,15,20). The summed E-state index contributed by atoms with van der Waals surface area (Å²) in [7, 11) is 0. The van der Waals surface area contributed by atoms with Crippen molar-refractivity contribution in [3.05, 3.63) is 41.7 Å². The van der Waals surface area contributed by atoms with Crippen LogP contribution in [0.25, 0.3) is 0 Å². The molecule has 1 amide bonds. The smallest absolute Gasteiger partial charge is 0.235 e. The quantitative estimate of drug-likeness (QED) is 0.660. The summed E-state index contributed by atoms with van der Waals surface area (Å²) in [5.74, 6) is 6.25. The molecule has 21 heavy (non-hydrogen) atoms. The number of rotatable bonds is 4. The minimum Gasteiger partial charge on any atom is -0.368 e. The Labute approximate surface area is 127 Å². The summed E-state index contributed by atoms with van der Waals surface area (Å²) in [6.45, 7) is 5.99. The molecule has 1 aromatic heterocycles. The molecule has 4 N–H and O–H groups in total. The highest BCUT2D eigenvalue weighted by molar-refractivity contribution is 8.00. The highest BCUT2D eigenvalue weighted by atomic mass is 32.2. The van der Waals surface area contributed by atoms with E-state index in [1.807, 2.05) is 51.1 Å². The van der Waals surface area contributed by atoms with Gasteiger partial charge in [0, 0.05) is 5.41 Å². The summed E-state index contributed by atoms with van der Waals surface area (Å²) in [6.07, 6.45) is 0. The van der Waals surface area contributed by atoms with Gasteiger partial charge in [-0.3, -0.25) is 4.79 Å². The molecule has 2 rings (SSSR count). The van der Waals surface area contributed by atoms with Gasteiger partial charge in [-0.25, -0.2) is 4.68 Å². The van der Waals surface area contributed by atoms with Crippen LogP contribution < -0.4 is 11.6 Å². The number of nitrogens with two attached hydrogens (primary N) is 2. The summed E-state index contributed by atoms with van der Waals surface area (Å²) in [5, 5.41) is 8.10. The highest BCUT2D eigenvalue weighted by Crippen LogP contribution is 2.34. The van der Waals surface area contributed by atoms with Crippen molar-refractivity contribution in [1.82, 2.24) is 14.9 Å². The monoisotopic (exact) mass is 305 g/mol. The molecule has 0 radical (unpaired) electrons. The van der Waals surface area contributed by atoms with Crippen molar-refractivity contribution in [2.45, 2.75) is 36.6 Å². The Bertz CT molecular complexity index is 633. The maximum Gasteiger partial charge on any atom is 0.235 e. The number of aromatic nitrogens is 3. The van der Waals surface area contributed by atoms with Crippen LogP contribution in [0.4, 0.5) is 0 Å². The van der Waals surface area contributed by atoms with Gasteiger partial charge < -0.3 is 11.6 Å². The summed E-state index contributed by atoms with van der Waals surface area (Å²) >= 11 is 1.20. The van der Waals surface area contributed by atoms with Gasteiger partial charge in [0.1, 0.15) is 5.25 Å². The lowest BCUT2D eigenvalue weighted by molar-refractivity contribution is -0.117. The van der Waals surface area contributed by atoms with Gasteiger partial charge in [0.05, 0.1) is 0 Å². The number of hydrogen-bond acceptors (Lipinski definition) is 5. The van der Waals surface area contributed by atoms with Gasteiger partial charge in [0.2, 0.25) is 11.1 Å². The molecule has 112 valence electrons. The van der Waals surface area contributed by atoms with Gasteiger partial charge in [-0.15, -0.1) is 10.2 Å². The largest absolute Gasteiger partial charge is 0.368 e. The van der Waals surface area contributed by atoms with Crippen LogP contribution in [0.5, 0.6) is 0 Å². The first kappa shape index (κ1) is 15.4. The molecule has 0 aliphatic heterocycles. The molecular weight excluding hydrogens is 286 g/mol. The lowest BCUT2D eigenvalue weighted by atomic mass is 9.96. The van der Waals surface area contributed by atoms with Crippen LogP contribution in [0.1, 0.15) is 37.4 Å². The number of hydrogen-bond donors (Lipinski definition) is 2. The Kier molecular flexibility index (Phi) is 4.22. The van der Waals surface area contributed by atoms with Crippen LogP contribution in [0.15, 0.2) is 35.5 Å². The zero-order valence-corrected chi connectivity index (χ0v) is 13.1. The molecule has 7 heteroatoms. The normalized spacial score (nSPS) is 13.1. The van der Waals surface area contributed by atoms with E-state index in [2.05, 4.69) is 10.2 Å². The van der Waals surface area contributed by atoms with E-state index in [-0.39, 0.29) is 5.41 Å². The third-order valence-corrected chi connectivity index (χ3v) is 4.15. The average molecular weight is 305 g/mol. The predicted molar refractivity (Wildman–Crippen MR) is 83.1 cm³/mol. The second kappa shape index (κ2) is 5.77. The van der Waals surface area contributed by atoms with E-state index in [9.17, 15) is 4.79 Å². The molecule has 1 unspecified atom stereocenters. The van der Waals surface area contributed by atoms with E-state index in [1.54, 1.807) is 0 Å². The molecule has 1 atom stereocenters. The van der Waals surface area contributed by atoms with Crippen molar-refractivity contribution in [3.8, 4) is 0 Å². The van der Waals surface area contributed by atoms with Crippen LogP contribution in [0, 0.1) is 0 Å². The van der Waals surface area contributed by atoms with Gasteiger partial charge in [-0.05, 0) is 5.56 Å². The predicted octanol–water partition coefficient (Wildman–Crippen LogP) is 1.61. The fraction of sp³-hybridized carbons (Fsp3) is 0.357. The van der Waals surface area contributed by atoms with Crippen LogP contribution >= 0.6 is 11.8 Å². The van der Waals surface area contributed by atoms with E-state index < -0.39 is 11.2 Å². The number of primary amides is 1. The summed E-state index contributed by atoms with van der Waals surface area (Å²) in [4.78, 5) is 11.7. The molecule has 0 saturated heterocycles. The molecule has 2 aromatic rings. The van der Waals surface area contributed by atoms with E-state index in [1.165, 1.54) is 16.4 Å². The zero-order valence-electron chi connectivity index (χ0n) is 12.3. The first-order valence-corrected chi connectivity index (χ1v) is 7.40. The summed E-state index contributed by atoms with van der Waals surface area (Å²) < 4.78 is 1.42.